The molecule has 1 aliphatic rings. The van der Waals surface area contributed by atoms with Crippen LogP contribution in [0.5, 0.6) is 5.75 Å². The predicted octanol–water partition coefficient (Wildman–Crippen LogP) is 5.10. The summed E-state index contributed by atoms with van der Waals surface area (Å²) in [5.74, 6) is 2.74. The summed E-state index contributed by atoms with van der Waals surface area (Å²) in [5, 5.41) is 3.67. The van der Waals surface area contributed by atoms with E-state index in [9.17, 15) is 0 Å². The Morgan fingerprint density at radius 1 is 1.10 bits per heavy atom. The van der Waals surface area contributed by atoms with Crippen LogP contribution in [0.1, 0.15) is 52.9 Å². The van der Waals surface area contributed by atoms with Gasteiger partial charge >= 0.3 is 0 Å². The number of rotatable bonds is 6. The number of benzene rings is 1. The minimum absolute atomic E-state index is 0.646. The van der Waals surface area contributed by atoms with Crippen molar-refractivity contribution in [3.05, 3.63) is 24.3 Å². The van der Waals surface area contributed by atoms with Gasteiger partial charge in [-0.05, 0) is 68.2 Å². The lowest BCUT2D eigenvalue weighted by molar-refractivity contribution is 0.267. The Bertz CT molecular complexity index is 377. The zero-order valence-electron chi connectivity index (χ0n) is 13.2. The molecule has 0 bridgehead atoms. The average Bonchev–Trinajstić information content (AvgIpc) is 2.47. The molecule has 1 N–H and O–H groups in total. The van der Waals surface area contributed by atoms with Crippen LogP contribution in [0.25, 0.3) is 0 Å². The molecule has 1 aliphatic carbocycles. The molecule has 1 aromatic carbocycles. The first kappa shape index (κ1) is 15.2. The molecule has 112 valence electrons. The monoisotopic (exact) mass is 275 g/mol. The zero-order valence-corrected chi connectivity index (χ0v) is 13.2. The van der Waals surface area contributed by atoms with E-state index in [4.69, 9.17) is 4.74 Å². The topological polar surface area (TPSA) is 21.3 Å². The Kier molecular flexibility index (Phi) is 5.75. The second-order valence-corrected chi connectivity index (χ2v) is 6.37. The average molecular weight is 275 g/mol. The molecule has 1 aromatic rings. The first-order valence-electron chi connectivity index (χ1n) is 8.18. The molecule has 0 heterocycles. The van der Waals surface area contributed by atoms with Crippen molar-refractivity contribution in [3.63, 3.8) is 0 Å². The highest BCUT2D eigenvalue weighted by molar-refractivity contribution is 5.47. The molecule has 0 saturated heterocycles. The second-order valence-electron chi connectivity index (χ2n) is 6.37. The highest BCUT2D eigenvalue weighted by Gasteiger charge is 2.22. The van der Waals surface area contributed by atoms with Gasteiger partial charge in [-0.1, -0.05) is 20.8 Å². The fraction of sp³-hybridized carbons (Fsp3) is 0.667. The SMILES string of the molecule is CCCOc1ccc(NC2CCC(C(C)C)CC2)cc1. The summed E-state index contributed by atoms with van der Waals surface area (Å²) in [5.41, 5.74) is 1.22. The molecular formula is C18H29NO. The summed E-state index contributed by atoms with van der Waals surface area (Å²) in [6, 6.07) is 9.06. The van der Waals surface area contributed by atoms with Crippen LogP contribution in [0.3, 0.4) is 0 Å². The third-order valence-corrected chi connectivity index (χ3v) is 4.41. The summed E-state index contributed by atoms with van der Waals surface area (Å²) in [4.78, 5) is 0. The van der Waals surface area contributed by atoms with E-state index in [0.29, 0.717) is 6.04 Å². The van der Waals surface area contributed by atoms with Crippen LogP contribution < -0.4 is 10.1 Å². The van der Waals surface area contributed by atoms with Gasteiger partial charge in [0.15, 0.2) is 0 Å². The molecule has 0 spiro atoms. The minimum Gasteiger partial charge on any atom is -0.494 e. The molecule has 20 heavy (non-hydrogen) atoms. The summed E-state index contributed by atoms with van der Waals surface area (Å²) in [6.07, 6.45) is 6.40. The molecule has 0 radical (unpaired) electrons. The lowest BCUT2D eigenvalue weighted by Crippen LogP contribution is -2.27. The van der Waals surface area contributed by atoms with Crippen molar-refractivity contribution >= 4 is 5.69 Å². The molecule has 2 nitrogen and oxygen atoms in total. The van der Waals surface area contributed by atoms with E-state index < -0.39 is 0 Å². The van der Waals surface area contributed by atoms with E-state index in [1.165, 1.54) is 31.4 Å². The second kappa shape index (κ2) is 7.56. The Morgan fingerprint density at radius 2 is 1.75 bits per heavy atom. The van der Waals surface area contributed by atoms with E-state index in [1.54, 1.807) is 0 Å². The van der Waals surface area contributed by atoms with E-state index >= 15 is 0 Å². The van der Waals surface area contributed by atoms with Crippen LogP contribution in [0.15, 0.2) is 24.3 Å². The van der Waals surface area contributed by atoms with Crippen molar-refractivity contribution < 1.29 is 4.74 Å². The first-order valence-corrected chi connectivity index (χ1v) is 8.18. The van der Waals surface area contributed by atoms with Crippen molar-refractivity contribution in [2.45, 2.75) is 58.9 Å². The van der Waals surface area contributed by atoms with Gasteiger partial charge in [0.2, 0.25) is 0 Å². The Labute approximate surface area is 123 Å². The lowest BCUT2D eigenvalue weighted by Gasteiger charge is -2.31. The number of hydrogen-bond donors (Lipinski definition) is 1. The van der Waals surface area contributed by atoms with Crippen LogP contribution in [-0.4, -0.2) is 12.6 Å². The highest BCUT2D eigenvalue weighted by Crippen LogP contribution is 2.31. The predicted molar refractivity (Wildman–Crippen MR) is 86.4 cm³/mol. The Morgan fingerprint density at radius 3 is 2.30 bits per heavy atom. The van der Waals surface area contributed by atoms with Crippen molar-refractivity contribution in [1.29, 1.82) is 0 Å². The quantitative estimate of drug-likeness (QED) is 0.779. The minimum atomic E-state index is 0.646. The van der Waals surface area contributed by atoms with Gasteiger partial charge in [-0.2, -0.15) is 0 Å². The number of ether oxygens (including phenoxy) is 1. The van der Waals surface area contributed by atoms with Crippen LogP contribution in [0, 0.1) is 11.8 Å². The van der Waals surface area contributed by atoms with Crippen LogP contribution >= 0.6 is 0 Å². The molecule has 0 amide bonds. The van der Waals surface area contributed by atoms with E-state index in [0.717, 1.165) is 30.6 Å². The fourth-order valence-corrected chi connectivity index (χ4v) is 3.03. The van der Waals surface area contributed by atoms with Crippen molar-refractivity contribution in [1.82, 2.24) is 0 Å². The highest BCUT2D eigenvalue weighted by atomic mass is 16.5. The Hall–Kier alpha value is -1.18. The summed E-state index contributed by atoms with van der Waals surface area (Å²) >= 11 is 0. The number of hydrogen-bond acceptors (Lipinski definition) is 2. The number of nitrogens with one attached hydrogen (secondary N) is 1. The van der Waals surface area contributed by atoms with E-state index in [-0.39, 0.29) is 0 Å². The largest absolute Gasteiger partial charge is 0.494 e. The van der Waals surface area contributed by atoms with Gasteiger partial charge in [-0.3, -0.25) is 0 Å². The lowest BCUT2D eigenvalue weighted by atomic mass is 9.79. The van der Waals surface area contributed by atoms with Gasteiger partial charge < -0.3 is 10.1 Å². The first-order chi connectivity index (χ1) is 9.69. The van der Waals surface area contributed by atoms with Gasteiger partial charge in [0.05, 0.1) is 6.61 Å². The third-order valence-electron chi connectivity index (χ3n) is 4.41. The summed E-state index contributed by atoms with van der Waals surface area (Å²) < 4.78 is 5.61. The summed E-state index contributed by atoms with van der Waals surface area (Å²) in [6.45, 7) is 7.64. The molecule has 2 heteroatoms. The molecular weight excluding hydrogens is 246 g/mol. The van der Waals surface area contributed by atoms with Gasteiger partial charge in [0.1, 0.15) is 5.75 Å². The smallest absolute Gasteiger partial charge is 0.119 e. The standard InChI is InChI=1S/C18H29NO/c1-4-13-20-18-11-9-17(10-12-18)19-16-7-5-15(6-8-16)14(2)3/h9-12,14-16,19H,4-8,13H2,1-3H3. The maximum atomic E-state index is 5.61. The summed E-state index contributed by atoms with van der Waals surface area (Å²) in [7, 11) is 0. The fourth-order valence-electron chi connectivity index (χ4n) is 3.03. The van der Waals surface area contributed by atoms with Crippen molar-refractivity contribution in [2.24, 2.45) is 11.8 Å². The Balaban J connectivity index is 1.79. The van der Waals surface area contributed by atoms with Crippen LogP contribution in [0.2, 0.25) is 0 Å². The van der Waals surface area contributed by atoms with Crippen molar-refractivity contribution in [2.75, 3.05) is 11.9 Å². The molecule has 0 atom stereocenters. The maximum Gasteiger partial charge on any atom is 0.119 e. The third kappa shape index (κ3) is 4.43. The molecule has 1 saturated carbocycles. The van der Waals surface area contributed by atoms with E-state index in [2.05, 4.69) is 50.4 Å². The maximum absolute atomic E-state index is 5.61. The molecule has 0 aromatic heterocycles. The van der Waals surface area contributed by atoms with Gasteiger partial charge in [0, 0.05) is 11.7 Å². The normalized spacial score (nSPS) is 22.8. The molecule has 2 rings (SSSR count). The van der Waals surface area contributed by atoms with E-state index in [1.807, 2.05) is 0 Å². The molecule has 0 aliphatic heterocycles. The molecule has 0 unspecified atom stereocenters. The van der Waals surface area contributed by atoms with Gasteiger partial charge in [-0.15, -0.1) is 0 Å². The van der Waals surface area contributed by atoms with Crippen LogP contribution in [-0.2, 0) is 0 Å². The van der Waals surface area contributed by atoms with Gasteiger partial charge in [0.25, 0.3) is 0 Å². The van der Waals surface area contributed by atoms with Crippen LogP contribution in [0.4, 0.5) is 5.69 Å². The zero-order chi connectivity index (χ0) is 14.4. The van der Waals surface area contributed by atoms with Gasteiger partial charge in [-0.25, -0.2) is 0 Å². The number of anilines is 1. The molecule has 1 fully saturated rings. The van der Waals surface area contributed by atoms with Crippen molar-refractivity contribution in [3.8, 4) is 5.75 Å².